The smallest absolute Gasteiger partial charge is 0.323 e. The summed E-state index contributed by atoms with van der Waals surface area (Å²) in [6, 6.07) is 0. The minimum absolute atomic E-state index is 0.0830. The van der Waals surface area contributed by atoms with Gasteiger partial charge in [-0.3, -0.25) is 9.59 Å². The Hall–Kier alpha value is -0.750. The maximum absolute atomic E-state index is 11.8. The van der Waals surface area contributed by atoms with Crippen molar-refractivity contribution in [2.24, 2.45) is 5.92 Å². The van der Waals surface area contributed by atoms with Gasteiger partial charge < -0.3 is 14.7 Å². The van der Waals surface area contributed by atoms with Gasteiger partial charge in [0.25, 0.3) is 0 Å². The number of carboxylic acid groups (broad SMARTS) is 1. The summed E-state index contributed by atoms with van der Waals surface area (Å²) in [5.74, 6) is 0.583. The normalized spacial score (nSPS) is 14.6. The van der Waals surface area contributed by atoms with E-state index in [4.69, 9.17) is 9.84 Å². The molecule has 98 valence electrons. The molecule has 5 nitrogen and oxygen atoms in total. The third kappa shape index (κ3) is 6.53. The molecule has 0 aliphatic heterocycles. The average molecular weight is 261 g/mol. The van der Waals surface area contributed by atoms with E-state index in [1.807, 2.05) is 0 Å². The van der Waals surface area contributed by atoms with Crippen molar-refractivity contribution in [3.8, 4) is 0 Å². The minimum atomic E-state index is -0.944. The fraction of sp³-hybridized carbons (Fsp3) is 0.818. The van der Waals surface area contributed by atoms with Gasteiger partial charge in [0.05, 0.1) is 12.4 Å². The summed E-state index contributed by atoms with van der Waals surface area (Å²) in [7, 11) is 1.62. The molecule has 0 radical (unpaired) electrons. The summed E-state index contributed by atoms with van der Waals surface area (Å²) < 4.78 is 4.88. The molecule has 1 aliphatic carbocycles. The summed E-state index contributed by atoms with van der Waals surface area (Å²) in [6.07, 6.45) is 2.22. The number of carboxylic acids is 1. The lowest BCUT2D eigenvalue weighted by Gasteiger charge is -2.20. The van der Waals surface area contributed by atoms with Gasteiger partial charge in [0.2, 0.25) is 5.91 Å². The van der Waals surface area contributed by atoms with Crippen LogP contribution >= 0.6 is 11.8 Å². The fourth-order valence-corrected chi connectivity index (χ4v) is 2.21. The molecule has 0 heterocycles. The Morgan fingerprint density at radius 3 is 2.71 bits per heavy atom. The molecule has 0 aromatic rings. The quantitative estimate of drug-likeness (QED) is 0.619. The molecule has 0 aromatic carbocycles. The Kier molecular flexibility index (Phi) is 6.36. The molecule has 6 heteroatoms. The topological polar surface area (TPSA) is 66.8 Å². The Labute approximate surface area is 105 Å². The first-order valence-corrected chi connectivity index (χ1v) is 6.85. The molecule has 0 saturated heterocycles. The maximum atomic E-state index is 11.8. The number of ether oxygens (including phenoxy) is 1. The van der Waals surface area contributed by atoms with Crippen LogP contribution in [0.15, 0.2) is 0 Å². The van der Waals surface area contributed by atoms with Gasteiger partial charge in [0, 0.05) is 19.4 Å². The summed E-state index contributed by atoms with van der Waals surface area (Å²) in [5, 5.41) is 8.76. The predicted octanol–water partition coefficient (Wildman–Crippen LogP) is 0.689. The monoisotopic (exact) mass is 261 g/mol. The number of rotatable bonds is 9. The second-order valence-electron chi connectivity index (χ2n) is 4.16. The van der Waals surface area contributed by atoms with E-state index in [2.05, 4.69) is 0 Å². The van der Waals surface area contributed by atoms with Gasteiger partial charge in [-0.15, -0.1) is 11.8 Å². The highest BCUT2D eigenvalue weighted by molar-refractivity contribution is 7.99. The van der Waals surface area contributed by atoms with E-state index in [1.54, 1.807) is 7.11 Å². The molecule has 0 unspecified atom stereocenters. The highest BCUT2D eigenvalue weighted by Gasteiger charge is 2.27. The van der Waals surface area contributed by atoms with E-state index < -0.39 is 5.97 Å². The van der Waals surface area contributed by atoms with Crippen LogP contribution in [0.5, 0.6) is 0 Å². The Morgan fingerprint density at radius 2 is 2.18 bits per heavy atom. The van der Waals surface area contributed by atoms with E-state index in [9.17, 15) is 9.59 Å². The number of carbonyl (C=O) groups excluding carboxylic acids is 1. The van der Waals surface area contributed by atoms with Crippen molar-refractivity contribution in [3.63, 3.8) is 0 Å². The number of carbonyl (C=O) groups is 2. The van der Waals surface area contributed by atoms with Crippen LogP contribution in [0.1, 0.15) is 12.8 Å². The van der Waals surface area contributed by atoms with Gasteiger partial charge in [-0.05, 0) is 18.8 Å². The number of amides is 1. The van der Waals surface area contributed by atoms with Crippen LogP contribution in [0.3, 0.4) is 0 Å². The van der Waals surface area contributed by atoms with E-state index in [-0.39, 0.29) is 12.5 Å². The highest BCUT2D eigenvalue weighted by Crippen LogP contribution is 2.29. The molecule has 0 aromatic heterocycles. The van der Waals surface area contributed by atoms with Gasteiger partial charge in [0.15, 0.2) is 0 Å². The maximum Gasteiger partial charge on any atom is 0.323 e. The zero-order valence-corrected chi connectivity index (χ0v) is 10.9. The van der Waals surface area contributed by atoms with Crippen LogP contribution in [-0.4, -0.2) is 60.2 Å². The molecule has 1 N–H and O–H groups in total. The number of aliphatic carboxylic acids is 1. The summed E-state index contributed by atoms with van der Waals surface area (Å²) >= 11 is 1.48. The van der Waals surface area contributed by atoms with Crippen molar-refractivity contribution in [3.05, 3.63) is 0 Å². The van der Waals surface area contributed by atoms with Crippen molar-refractivity contribution < 1.29 is 19.4 Å². The van der Waals surface area contributed by atoms with Crippen LogP contribution in [0.25, 0.3) is 0 Å². The van der Waals surface area contributed by atoms with Crippen LogP contribution in [0, 0.1) is 5.92 Å². The first-order chi connectivity index (χ1) is 8.13. The van der Waals surface area contributed by atoms with E-state index in [0.29, 0.717) is 24.8 Å². The van der Waals surface area contributed by atoms with Gasteiger partial charge in [-0.2, -0.15) is 0 Å². The predicted molar refractivity (Wildman–Crippen MR) is 66.1 cm³/mol. The summed E-state index contributed by atoms with van der Waals surface area (Å²) in [4.78, 5) is 23.9. The van der Waals surface area contributed by atoms with Gasteiger partial charge >= 0.3 is 5.97 Å². The van der Waals surface area contributed by atoms with Crippen molar-refractivity contribution in [1.82, 2.24) is 4.90 Å². The van der Waals surface area contributed by atoms with Crippen molar-refractivity contribution in [2.75, 3.05) is 38.3 Å². The summed E-state index contributed by atoms with van der Waals surface area (Å²) in [6.45, 7) is 1.02. The first kappa shape index (κ1) is 14.3. The minimum Gasteiger partial charge on any atom is -0.480 e. The lowest BCUT2D eigenvalue weighted by atomic mass is 10.3. The number of methoxy groups -OCH3 is 1. The van der Waals surface area contributed by atoms with Crippen LogP contribution in [0.4, 0.5) is 0 Å². The first-order valence-electron chi connectivity index (χ1n) is 5.69. The van der Waals surface area contributed by atoms with Crippen LogP contribution < -0.4 is 0 Å². The Morgan fingerprint density at radius 1 is 1.47 bits per heavy atom. The van der Waals surface area contributed by atoms with Gasteiger partial charge in [-0.1, -0.05) is 0 Å². The second kappa shape index (κ2) is 7.55. The van der Waals surface area contributed by atoms with Crippen molar-refractivity contribution >= 4 is 23.6 Å². The number of hydrogen-bond acceptors (Lipinski definition) is 4. The average Bonchev–Trinajstić information content (AvgIpc) is 3.06. The number of hydrogen-bond donors (Lipinski definition) is 1. The van der Waals surface area contributed by atoms with E-state index >= 15 is 0 Å². The lowest BCUT2D eigenvalue weighted by Crippen LogP contribution is -2.38. The zero-order chi connectivity index (χ0) is 12.7. The lowest BCUT2D eigenvalue weighted by molar-refractivity contribution is -0.143. The van der Waals surface area contributed by atoms with Gasteiger partial charge in [-0.25, -0.2) is 0 Å². The van der Waals surface area contributed by atoms with Crippen LogP contribution in [0.2, 0.25) is 0 Å². The van der Waals surface area contributed by atoms with Crippen molar-refractivity contribution in [2.45, 2.75) is 12.8 Å². The molecular weight excluding hydrogens is 242 g/mol. The molecule has 0 bridgehead atoms. The number of nitrogens with zero attached hydrogens (tertiary/aromatic N) is 1. The van der Waals surface area contributed by atoms with Gasteiger partial charge in [0.1, 0.15) is 6.54 Å². The Bertz CT molecular complexity index is 268. The number of thioether (sulfide) groups is 1. The largest absolute Gasteiger partial charge is 0.480 e. The molecule has 0 atom stereocenters. The van der Waals surface area contributed by atoms with Crippen LogP contribution in [-0.2, 0) is 14.3 Å². The molecule has 1 amide bonds. The highest BCUT2D eigenvalue weighted by atomic mass is 32.2. The molecule has 17 heavy (non-hydrogen) atoms. The molecule has 1 fully saturated rings. The molecular formula is C11H19NO4S. The van der Waals surface area contributed by atoms with Crippen molar-refractivity contribution in [1.29, 1.82) is 0 Å². The standard InChI is InChI=1S/C11H19NO4S/c1-16-4-5-17-8-10(13)12(7-11(14)15)6-9-2-3-9/h9H,2-8H2,1H3,(H,14,15). The molecule has 1 rings (SSSR count). The Balaban J connectivity index is 2.27. The van der Waals surface area contributed by atoms with E-state index in [1.165, 1.54) is 16.7 Å². The molecule has 1 aliphatic rings. The fourth-order valence-electron chi connectivity index (χ4n) is 1.42. The summed E-state index contributed by atoms with van der Waals surface area (Å²) in [5.41, 5.74) is 0. The van der Waals surface area contributed by atoms with E-state index in [0.717, 1.165) is 18.6 Å². The third-order valence-corrected chi connectivity index (χ3v) is 3.42. The SMILES string of the molecule is COCCSCC(=O)N(CC(=O)O)CC1CC1. The molecule has 0 spiro atoms. The molecule has 1 saturated carbocycles. The third-order valence-electron chi connectivity index (χ3n) is 2.51. The zero-order valence-electron chi connectivity index (χ0n) is 10.1. The second-order valence-corrected chi connectivity index (χ2v) is 5.26.